The summed E-state index contributed by atoms with van der Waals surface area (Å²) < 4.78 is 0. The second kappa shape index (κ2) is 7.53. The molecule has 1 aliphatic rings. The van der Waals surface area contributed by atoms with Gasteiger partial charge in [-0.2, -0.15) is 11.8 Å². The number of hydrogen-bond acceptors (Lipinski definition) is 4. The number of nitrogens with one attached hydrogen (secondary N) is 1. The van der Waals surface area contributed by atoms with E-state index in [4.69, 9.17) is 0 Å². The molecule has 0 amide bonds. The van der Waals surface area contributed by atoms with Crippen molar-refractivity contribution in [3.63, 3.8) is 0 Å². The molecule has 1 fully saturated rings. The smallest absolute Gasteiger partial charge is 0.0299 e. The summed E-state index contributed by atoms with van der Waals surface area (Å²) >= 11 is 4.04. The van der Waals surface area contributed by atoms with E-state index in [1.54, 1.807) is 5.56 Å². The topological polar surface area (TPSA) is 15.3 Å². The molecule has 1 aliphatic heterocycles. The van der Waals surface area contributed by atoms with Crippen LogP contribution in [0.25, 0.3) is 0 Å². The molecule has 1 aromatic rings. The molecule has 0 aliphatic carbocycles. The summed E-state index contributed by atoms with van der Waals surface area (Å²) in [4.78, 5) is 5.58. The summed E-state index contributed by atoms with van der Waals surface area (Å²) in [7, 11) is 0. The number of thiophene rings is 1. The van der Waals surface area contributed by atoms with E-state index in [2.05, 4.69) is 41.9 Å². The zero-order chi connectivity index (χ0) is 12.8. The third-order valence-corrected chi connectivity index (χ3v) is 5.33. The molecule has 1 N–H and O–H groups in total. The van der Waals surface area contributed by atoms with Gasteiger partial charge in [-0.3, -0.25) is 4.90 Å². The van der Waals surface area contributed by atoms with Crippen LogP contribution in [0, 0.1) is 6.92 Å². The van der Waals surface area contributed by atoms with Crippen molar-refractivity contribution < 1.29 is 0 Å². The van der Waals surface area contributed by atoms with Gasteiger partial charge in [0.25, 0.3) is 0 Å². The minimum absolute atomic E-state index is 1.04. The Morgan fingerprint density at radius 1 is 1.33 bits per heavy atom. The Kier molecular flexibility index (Phi) is 6.02. The SMILES string of the molecule is CCCNCc1cc(CN2CCSCC2)c(C)s1. The average Bonchev–Trinajstić information content (AvgIpc) is 2.72. The van der Waals surface area contributed by atoms with E-state index in [0.29, 0.717) is 0 Å². The van der Waals surface area contributed by atoms with Gasteiger partial charge in [0.1, 0.15) is 0 Å². The second-order valence-corrected chi connectivity index (χ2v) is 7.43. The molecule has 4 heteroatoms. The van der Waals surface area contributed by atoms with Gasteiger partial charge in [0, 0.05) is 47.4 Å². The first kappa shape index (κ1) is 14.4. The number of nitrogens with zero attached hydrogens (tertiary/aromatic N) is 1. The molecule has 2 rings (SSSR count). The van der Waals surface area contributed by atoms with Crippen molar-refractivity contribution in [2.45, 2.75) is 33.4 Å². The first-order chi connectivity index (χ1) is 8.79. The van der Waals surface area contributed by atoms with Gasteiger partial charge in [-0.25, -0.2) is 0 Å². The van der Waals surface area contributed by atoms with Crippen molar-refractivity contribution in [1.29, 1.82) is 0 Å². The summed E-state index contributed by atoms with van der Waals surface area (Å²) in [6.45, 7) is 10.3. The third-order valence-electron chi connectivity index (χ3n) is 3.30. The van der Waals surface area contributed by atoms with E-state index < -0.39 is 0 Å². The number of hydrogen-bond donors (Lipinski definition) is 1. The standard InChI is InChI=1S/C14H24N2S2/c1-3-4-15-10-14-9-13(12(2)18-14)11-16-5-7-17-8-6-16/h9,15H,3-8,10-11H2,1-2H3. The highest BCUT2D eigenvalue weighted by molar-refractivity contribution is 7.99. The maximum Gasteiger partial charge on any atom is 0.0299 e. The first-order valence-electron chi connectivity index (χ1n) is 6.88. The first-order valence-corrected chi connectivity index (χ1v) is 8.85. The van der Waals surface area contributed by atoms with Gasteiger partial charge >= 0.3 is 0 Å². The summed E-state index contributed by atoms with van der Waals surface area (Å²) in [5.41, 5.74) is 1.54. The summed E-state index contributed by atoms with van der Waals surface area (Å²) in [5, 5.41) is 3.49. The zero-order valence-corrected chi connectivity index (χ0v) is 13.1. The Morgan fingerprint density at radius 3 is 2.83 bits per heavy atom. The molecule has 102 valence electrons. The van der Waals surface area contributed by atoms with E-state index in [9.17, 15) is 0 Å². The van der Waals surface area contributed by atoms with Crippen LogP contribution in [0.3, 0.4) is 0 Å². The van der Waals surface area contributed by atoms with Gasteiger partial charge in [-0.15, -0.1) is 11.3 Å². The van der Waals surface area contributed by atoms with E-state index in [0.717, 1.165) is 19.6 Å². The molecule has 0 radical (unpaired) electrons. The molecular weight excluding hydrogens is 260 g/mol. The zero-order valence-electron chi connectivity index (χ0n) is 11.5. The molecular formula is C14H24N2S2. The van der Waals surface area contributed by atoms with Crippen LogP contribution in [0.4, 0.5) is 0 Å². The molecule has 2 nitrogen and oxygen atoms in total. The molecule has 2 heterocycles. The van der Waals surface area contributed by atoms with Crippen molar-refractivity contribution in [2.75, 3.05) is 31.1 Å². The van der Waals surface area contributed by atoms with Crippen LogP contribution in [0.5, 0.6) is 0 Å². The van der Waals surface area contributed by atoms with Crippen molar-refractivity contribution >= 4 is 23.1 Å². The van der Waals surface area contributed by atoms with E-state index in [1.807, 2.05) is 11.3 Å². The molecule has 0 saturated carbocycles. The summed E-state index contributed by atoms with van der Waals surface area (Å²) in [6.07, 6.45) is 1.21. The van der Waals surface area contributed by atoms with Gasteiger partial charge in [0.05, 0.1) is 0 Å². The molecule has 0 bridgehead atoms. The maximum atomic E-state index is 3.49. The van der Waals surface area contributed by atoms with Crippen molar-refractivity contribution in [3.05, 3.63) is 21.4 Å². The lowest BCUT2D eigenvalue weighted by molar-refractivity contribution is 0.294. The minimum atomic E-state index is 1.04. The molecule has 0 spiro atoms. The van der Waals surface area contributed by atoms with Crippen LogP contribution in [-0.4, -0.2) is 36.0 Å². The van der Waals surface area contributed by atoms with Crippen LogP contribution in [0.15, 0.2) is 6.07 Å². The Balaban J connectivity index is 1.87. The van der Waals surface area contributed by atoms with Crippen molar-refractivity contribution in [2.24, 2.45) is 0 Å². The average molecular weight is 284 g/mol. The van der Waals surface area contributed by atoms with Crippen LogP contribution < -0.4 is 5.32 Å². The van der Waals surface area contributed by atoms with Crippen molar-refractivity contribution in [3.8, 4) is 0 Å². The molecule has 18 heavy (non-hydrogen) atoms. The monoisotopic (exact) mass is 284 g/mol. The predicted molar refractivity (Wildman–Crippen MR) is 83.7 cm³/mol. The highest BCUT2D eigenvalue weighted by Gasteiger charge is 2.13. The van der Waals surface area contributed by atoms with Crippen molar-refractivity contribution in [1.82, 2.24) is 10.2 Å². The van der Waals surface area contributed by atoms with E-state index in [1.165, 1.54) is 40.8 Å². The van der Waals surface area contributed by atoms with Gasteiger partial charge < -0.3 is 5.32 Å². The molecule has 0 atom stereocenters. The molecule has 0 unspecified atom stereocenters. The van der Waals surface area contributed by atoms with E-state index in [-0.39, 0.29) is 0 Å². The highest BCUT2D eigenvalue weighted by Crippen LogP contribution is 2.24. The normalized spacial score (nSPS) is 17.2. The van der Waals surface area contributed by atoms with Gasteiger partial charge in [0.2, 0.25) is 0 Å². The largest absolute Gasteiger partial charge is 0.312 e. The summed E-state index contributed by atoms with van der Waals surface area (Å²) in [6, 6.07) is 2.41. The Morgan fingerprint density at radius 2 is 2.11 bits per heavy atom. The third kappa shape index (κ3) is 4.26. The quantitative estimate of drug-likeness (QED) is 0.808. The van der Waals surface area contributed by atoms with Gasteiger partial charge in [-0.05, 0) is 31.5 Å². The van der Waals surface area contributed by atoms with Crippen LogP contribution >= 0.6 is 23.1 Å². The lowest BCUT2D eigenvalue weighted by Gasteiger charge is -2.25. The molecule has 1 aromatic heterocycles. The van der Waals surface area contributed by atoms with Crippen LogP contribution in [-0.2, 0) is 13.1 Å². The maximum absolute atomic E-state index is 3.49. The van der Waals surface area contributed by atoms with Crippen LogP contribution in [0.1, 0.15) is 28.7 Å². The van der Waals surface area contributed by atoms with Gasteiger partial charge in [-0.1, -0.05) is 6.92 Å². The van der Waals surface area contributed by atoms with Crippen LogP contribution in [0.2, 0.25) is 0 Å². The summed E-state index contributed by atoms with van der Waals surface area (Å²) in [5.74, 6) is 2.60. The predicted octanol–water partition coefficient (Wildman–Crippen LogP) is 3.10. The number of aryl methyl sites for hydroxylation is 1. The number of thioether (sulfide) groups is 1. The molecule has 0 aromatic carbocycles. The molecule has 1 saturated heterocycles. The fourth-order valence-corrected chi connectivity index (χ4v) is 4.22. The fraction of sp³-hybridized carbons (Fsp3) is 0.714. The number of rotatable bonds is 6. The lowest BCUT2D eigenvalue weighted by Crippen LogP contribution is -2.31. The second-order valence-electron chi connectivity index (χ2n) is 4.86. The van der Waals surface area contributed by atoms with Gasteiger partial charge in [0.15, 0.2) is 0 Å². The highest BCUT2D eigenvalue weighted by atomic mass is 32.2. The fourth-order valence-electron chi connectivity index (χ4n) is 2.22. The Bertz CT molecular complexity index is 357. The Hall–Kier alpha value is -0.0300. The lowest BCUT2D eigenvalue weighted by atomic mass is 10.2. The Labute approximate surface area is 119 Å². The minimum Gasteiger partial charge on any atom is -0.312 e. The van der Waals surface area contributed by atoms with E-state index >= 15 is 0 Å².